The Morgan fingerprint density at radius 1 is 1.11 bits per heavy atom. The van der Waals surface area contributed by atoms with Crippen LogP contribution in [0.1, 0.15) is 50.3 Å². The molecule has 2 aromatic heterocycles. The number of nitrogens with zero attached hydrogens (tertiary/aromatic N) is 3. The van der Waals surface area contributed by atoms with Crippen LogP contribution in [0.15, 0.2) is 55.0 Å². The van der Waals surface area contributed by atoms with Crippen molar-refractivity contribution in [3.63, 3.8) is 0 Å². The second kappa shape index (κ2) is 10.0. The highest BCUT2D eigenvalue weighted by molar-refractivity contribution is 6.36. The van der Waals surface area contributed by atoms with E-state index in [-0.39, 0.29) is 6.04 Å². The van der Waals surface area contributed by atoms with Gasteiger partial charge in [0.1, 0.15) is 5.75 Å². The average molecular weight is 508 g/mol. The van der Waals surface area contributed by atoms with Gasteiger partial charge in [0, 0.05) is 67.0 Å². The maximum atomic E-state index is 11.5. The molecule has 190 valence electrons. The van der Waals surface area contributed by atoms with Gasteiger partial charge in [0.05, 0.1) is 16.1 Å². The van der Waals surface area contributed by atoms with Gasteiger partial charge in [-0.25, -0.2) is 0 Å². The normalized spacial score (nSPS) is 17.2. The summed E-state index contributed by atoms with van der Waals surface area (Å²) in [6.45, 7) is 8.36. The number of halogens is 1. The summed E-state index contributed by atoms with van der Waals surface area (Å²) in [5.74, 6) is 0.648. The molecule has 2 N–H and O–H groups in total. The molecule has 1 saturated heterocycles. The molecule has 1 fully saturated rings. The number of fused-ring (bicyclic) bond motifs is 2. The number of rotatable bonds is 7. The largest absolute Gasteiger partial charge is 0.464 e. The van der Waals surface area contributed by atoms with Crippen molar-refractivity contribution < 1.29 is 14.9 Å². The minimum absolute atomic E-state index is 0.266. The highest BCUT2D eigenvalue weighted by atomic mass is 35.5. The number of benzene rings is 2. The fourth-order valence-corrected chi connectivity index (χ4v) is 5.59. The minimum atomic E-state index is -0.931. The third-order valence-electron chi connectivity index (χ3n) is 7.45. The molecule has 4 aromatic rings. The van der Waals surface area contributed by atoms with Crippen molar-refractivity contribution in [1.29, 1.82) is 0 Å². The van der Waals surface area contributed by atoms with Gasteiger partial charge >= 0.3 is 0 Å². The number of aryl methyl sites for hydroxylation is 1. The van der Waals surface area contributed by atoms with E-state index < -0.39 is 11.9 Å². The fourth-order valence-electron chi connectivity index (χ4n) is 5.33. The molecule has 2 aromatic carbocycles. The number of piperidine rings is 1. The lowest BCUT2D eigenvalue weighted by Gasteiger charge is -2.39. The molecule has 1 aliphatic heterocycles. The van der Waals surface area contributed by atoms with Crippen LogP contribution in [0.4, 0.5) is 0 Å². The number of hydrogen-bond acceptors (Lipinski definition) is 5. The molecule has 0 bridgehead atoms. The summed E-state index contributed by atoms with van der Waals surface area (Å²) >= 11 is 6.62. The Kier molecular flexibility index (Phi) is 6.97. The molecule has 36 heavy (non-hydrogen) atoms. The molecule has 5 rings (SSSR count). The Bertz CT molecular complexity index is 1370. The van der Waals surface area contributed by atoms with E-state index in [1.807, 2.05) is 49.6 Å². The molecule has 0 amide bonds. The summed E-state index contributed by atoms with van der Waals surface area (Å²) in [6, 6.07) is 12.2. The van der Waals surface area contributed by atoms with E-state index in [2.05, 4.69) is 34.4 Å². The van der Waals surface area contributed by atoms with Gasteiger partial charge in [0.15, 0.2) is 6.29 Å². The Morgan fingerprint density at radius 3 is 2.61 bits per heavy atom. The zero-order valence-corrected chi connectivity index (χ0v) is 21.9. The minimum Gasteiger partial charge on any atom is -0.464 e. The predicted molar refractivity (Wildman–Crippen MR) is 145 cm³/mol. The lowest BCUT2D eigenvalue weighted by atomic mass is 9.83. The van der Waals surface area contributed by atoms with Crippen molar-refractivity contribution >= 4 is 33.3 Å². The lowest BCUT2D eigenvalue weighted by molar-refractivity contribution is -0.0467. The van der Waals surface area contributed by atoms with Gasteiger partial charge in [-0.15, -0.1) is 0 Å². The van der Waals surface area contributed by atoms with Gasteiger partial charge < -0.3 is 24.4 Å². The van der Waals surface area contributed by atoms with Crippen LogP contribution in [0.3, 0.4) is 0 Å². The van der Waals surface area contributed by atoms with E-state index in [9.17, 15) is 10.2 Å². The first-order valence-electron chi connectivity index (χ1n) is 12.7. The molecule has 0 spiro atoms. The van der Waals surface area contributed by atoms with Crippen LogP contribution in [0.2, 0.25) is 5.02 Å². The molecule has 3 heterocycles. The van der Waals surface area contributed by atoms with E-state index in [1.54, 1.807) is 6.20 Å². The SMILES string of the molecule is Cc1cc(O[C@H](O)CCN2CCC(O)(c3cncc4ccccc34)CC2)c2ccn(C(C)C)c2c1Cl. The van der Waals surface area contributed by atoms with Gasteiger partial charge in [0.2, 0.25) is 0 Å². The van der Waals surface area contributed by atoms with E-state index in [1.165, 1.54) is 0 Å². The van der Waals surface area contributed by atoms with Gasteiger partial charge in [-0.1, -0.05) is 35.9 Å². The average Bonchev–Trinajstić information content (AvgIpc) is 3.33. The van der Waals surface area contributed by atoms with E-state index in [0.717, 1.165) is 45.9 Å². The number of hydrogen-bond donors (Lipinski definition) is 2. The second-order valence-electron chi connectivity index (χ2n) is 10.2. The van der Waals surface area contributed by atoms with Crippen LogP contribution in [-0.4, -0.2) is 50.6 Å². The van der Waals surface area contributed by atoms with Gasteiger partial charge in [-0.05, 0) is 56.7 Å². The Hall–Kier alpha value is -2.64. The molecular weight excluding hydrogens is 474 g/mol. The predicted octanol–water partition coefficient (Wildman–Crippen LogP) is 5.80. The number of likely N-dealkylation sites (tertiary alicyclic amines) is 1. The highest BCUT2D eigenvalue weighted by Crippen LogP contribution is 2.38. The van der Waals surface area contributed by atoms with E-state index in [0.29, 0.717) is 36.6 Å². The lowest BCUT2D eigenvalue weighted by Crippen LogP contribution is -2.43. The zero-order valence-electron chi connectivity index (χ0n) is 21.1. The van der Waals surface area contributed by atoms with Gasteiger partial charge in [-0.3, -0.25) is 4.98 Å². The van der Waals surface area contributed by atoms with Gasteiger partial charge in [0.25, 0.3) is 0 Å². The van der Waals surface area contributed by atoms with Crippen LogP contribution in [0, 0.1) is 6.92 Å². The summed E-state index contributed by atoms with van der Waals surface area (Å²) in [6.07, 6.45) is 6.45. The quantitative estimate of drug-likeness (QED) is 0.309. The van der Waals surface area contributed by atoms with Crippen LogP contribution in [-0.2, 0) is 5.60 Å². The highest BCUT2D eigenvalue weighted by Gasteiger charge is 2.35. The number of aliphatic hydroxyl groups excluding tert-OH is 1. The molecule has 0 aliphatic carbocycles. The van der Waals surface area contributed by atoms with Crippen molar-refractivity contribution in [2.24, 2.45) is 0 Å². The van der Waals surface area contributed by atoms with Crippen molar-refractivity contribution in [2.75, 3.05) is 19.6 Å². The topological polar surface area (TPSA) is 70.8 Å². The van der Waals surface area contributed by atoms with Crippen molar-refractivity contribution in [1.82, 2.24) is 14.5 Å². The molecule has 0 saturated carbocycles. The molecule has 0 radical (unpaired) electrons. The molecule has 1 atom stereocenters. The Balaban J connectivity index is 1.22. The van der Waals surface area contributed by atoms with E-state index >= 15 is 0 Å². The maximum absolute atomic E-state index is 11.5. The molecule has 0 unspecified atom stereocenters. The summed E-state index contributed by atoms with van der Waals surface area (Å²) in [7, 11) is 0. The number of aromatic nitrogens is 2. The van der Waals surface area contributed by atoms with Crippen LogP contribution in [0.25, 0.3) is 21.7 Å². The third kappa shape index (κ3) is 4.71. The smallest absolute Gasteiger partial charge is 0.198 e. The Morgan fingerprint density at radius 2 is 1.86 bits per heavy atom. The van der Waals surface area contributed by atoms with Crippen LogP contribution in [0.5, 0.6) is 5.75 Å². The van der Waals surface area contributed by atoms with E-state index in [4.69, 9.17) is 16.3 Å². The third-order valence-corrected chi connectivity index (χ3v) is 7.92. The summed E-state index contributed by atoms with van der Waals surface area (Å²) in [5.41, 5.74) is 1.87. The molecule has 6 nitrogen and oxygen atoms in total. The summed E-state index contributed by atoms with van der Waals surface area (Å²) in [5, 5.41) is 25.9. The maximum Gasteiger partial charge on any atom is 0.198 e. The zero-order chi connectivity index (χ0) is 25.4. The molecule has 1 aliphatic rings. The first-order chi connectivity index (χ1) is 17.3. The Labute approximate surface area is 217 Å². The molecular formula is C29H34ClN3O3. The number of ether oxygens (including phenoxy) is 1. The first kappa shape index (κ1) is 25.0. The number of aliphatic hydroxyl groups is 2. The standard InChI is InChI=1S/C29H34ClN3O3/c1-19(2)33-13-8-23-25(16-20(3)27(30)28(23)33)36-26(34)9-12-32-14-10-29(35,11-15-32)24-18-31-17-21-6-4-5-7-22(21)24/h4-8,13,16-19,26,34-35H,9-12,14-15H2,1-3H3/t26-/m0/s1. The van der Waals surface area contributed by atoms with Crippen LogP contribution < -0.4 is 4.74 Å². The first-order valence-corrected chi connectivity index (χ1v) is 13.1. The van der Waals surface area contributed by atoms with Crippen LogP contribution >= 0.6 is 11.6 Å². The van der Waals surface area contributed by atoms with Crippen molar-refractivity contribution in [3.8, 4) is 5.75 Å². The molecule has 7 heteroatoms. The summed E-state index contributed by atoms with van der Waals surface area (Å²) in [4.78, 5) is 6.64. The van der Waals surface area contributed by atoms with Gasteiger partial charge in [-0.2, -0.15) is 0 Å². The van der Waals surface area contributed by atoms with Crippen molar-refractivity contribution in [2.45, 2.75) is 58.0 Å². The van der Waals surface area contributed by atoms with Crippen molar-refractivity contribution in [3.05, 3.63) is 71.1 Å². The summed E-state index contributed by atoms with van der Waals surface area (Å²) < 4.78 is 8.13. The monoisotopic (exact) mass is 507 g/mol. The second-order valence-corrected chi connectivity index (χ2v) is 10.6. The number of pyridine rings is 1. The fraction of sp³-hybridized carbons (Fsp3) is 0.414.